The number of hydrogen-bond donors (Lipinski definition) is 1. The van der Waals surface area contributed by atoms with Crippen LogP contribution in [0.2, 0.25) is 5.02 Å². The standard InChI is InChI=1S/C19H14ClNO5/c1-11-8-13(20)6-7-15(11)21-17(22)10-25-18(23)14-9-12-4-2-3-5-16(12)26-19(14)24/h2-9H,10H2,1H3,(H,21,22). The fourth-order valence-corrected chi connectivity index (χ4v) is 2.59. The second-order valence-electron chi connectivity index (χ2n) is 5.57. The number of carbonyl (C=O) groups is 2. The smallest absolute Gasteiger partial charge is 0.351 e. The van der Waals surface area contributed by atoms with Gasteiger partial charge in [0.15, 0.2) is 6.61 Å². The van der Waals surface area contributed by atoms with Gasteiger partial charge in [0.2, 0.25) is 0 Å². The minimum atomic E-state index is -0.924. The molecule has 0 atom stereocenters. The van der Waals surface area contributed by atoms with E-state index in [-0.39, 0.29) is 5.56 Å². The van der Waals surface area contributed by atoms with Gasteiger partial charge in [-0.2, -0.15) is 0 Å². The molecule has 7 heteroatoms. The Balaban J connectivity index is 1.67. The first-order chi connectivity index (χ1) is 12.4. The maximum absolute atomic E-state index is 12.1. The lowest BCUT2D eigenvalue weighted by molar-refractivity contribution is -0.119. The summed E-state index contributed by atoms with van der Waals surface area (Å²) in [6, 6.07) is 13.1. The largest absolute Gasteiger partial charge is 0.452 e. The minimum absolute atomic E-state index is 0.265. The number of ether oxygens (including phenoxy) is 1. The second-order valence-corrected chi connectivity index (χ2v) is 6.01. The molecule has 26 heavy (non-hydrogen) atoms. The first kappa shape index (κ1) is 17.7. The van der Waals surface area contributed by atoms with Gasteiger partial charge in [-0.1, -0.05) is 29.8 Å². The summed E-state index contributed by atoms with van der Waals surface area (Å²) in [4.78, 5) is 36.0. The molecular formula is C19H14ClNO5. The lowest BCUT2D eigenvalue weighted by Gasteiger charge is -2.09. The number of esters is 1. The number of carbonyl (C=O) groups excluding carboxylic acids is 2. The predicted octanol–water partition coefficient (Wildman–Crippen LogP) is 3.55. The maximum atomic E-state index is 12.1. The van der Waals surface area contributed by atoms with Crippen molar-refractivity contribution >= 4 is 40.1 Å². The van der Waals surface area contributed by atoms with Crippen molar-refractivity contribution in [3.63, 3.8) is 0 Å². The molecule has 132 valence electrons. The maximum Gasteiger partial charge on any atom is 0.351 e. The predicted molar refractivity (Wildman–Crippen MR) is 97.6 cm³/mol. The fourth-order valence-electron chi connectivity index (χ4n) is 2.37. The van der Waals surface area contributed by atoms with E-state index in [1.54, 1.807) is 49.4 Å². The van der Waals surface area contributed by atoms with Crippen LogP contribution in [0.5, 0.6) is 0 Å². The lowest BCUT2D eigenvalue weighted by atomic mass is 10.2. The van der Waals surface area contributed by atoms with Crippen LogP contribution in [0.3, 0.4) is 0 Å². The van der Waals surface area contributed by atoms with Crippen molar-refractivity contribution in [2.24, 2.45) is 0 Å². The highest BCUT2D eigenvalue weighted by molar-refractivity contribution is 6.30. The van der Waals surface area contributed by atoms with Crippen LogP contribution in [-0.4, -0.2) is 18.5 Å². The monoisotopic (exact) mass is 371 g/mol. The van der Waals surface area contributed by atoms with Crippen molar-refractivity contribution in [3.8, 4) is 0 Å². The summed E-state index contributed by atoms with van der Waals surface area (Å²) in [5.74, 6) is -1.46. The van der Waals surface area contributed by atoms with Crippen LogP contribution in [0.25, 0.3) is 11.0 Å². The molecule has 0 aliphatic heterocycles. The molecule has 3 rings (SSSR count). The van der Waals surface area contributed by atoms with Gasteiger partial charge in [-0.05, 0) is 42.8 Å². The molecule has 0 unspecified atom stereocenters. The molecule has 6 nitrogen and oxygen atoms in total. The molecule has 0 spiro atoms. The number of nitrogens with one attached hydrogen (secondary N) is 1. The number of hydrogen-bond acceptors (Lipinski definition) is 5. The number of para-hydroxylation sites is 1. The van der Waals surface area contributed by atoms with Crippen molar-refractivity contribution in [3.05, 3.63) is 75.1 Å². The van der Waals surface area contributed by atoms with E-state index in [4.69, 9.17) is 20.8 Å². The molecule has 0 saturated heterocycles. The molecular weight excluding hydrogens is 358 g/mol. The van der Waals surface area contributed by atoms with Crippen molar-refractivity contribution in [1.29, 1.82) is 0 Å². The molecule has 1 amide bonds. The van der Waals surface area contributed by atoms with Crippen molar-refractivity contribution in [2.75, 3.05) is 11.9 Å². The third-order valence-corrected chi connectivity index (χ3v) is 3.89. The van der Waals surface area contributed by atoms with Crippen LogP contribution in [-0.2, 0) is 9.53 Å². The highest BCUT2D eigenvalue weighted by atomic mass is 35.5. The van der Waals surface area contributed by atoms with E-state index in [0.29, 0.717) is 21.7 Å². The Labute approximate surface area is 153 Å². The third kappa shape index (κ3) is 3.92. The van der Waals surface area contributed by atoms with E-state index in [0.717, 1.165) is 5.56 Å². The average molecular weight is 372 g/mol. The van der Waals surface area contributed by atoms with Gasteiger partial charge in [-0.15, -0.1) is 0 Å². The molecule has 1 heterocycles. The van der Waals surface area contributed by atoms with Crippen LogP contribution >= 0.6 is 11.6 Å². The summed E-state index contributed by atoms with van der Waals surface area (Å²) >= 11 is 5.86. The number of benzene rings is 2. The van der Waals surface area contributed by atoms with E-state index in [1.807, 2.05) is 0 Å². The van der Waals surface area contributed by atoms with Crippen molar-refractivity contribution in [1.82, 2.24) is 0 Å². The summed E-state index contributed by atoms with van der Waals surface area (Å²) in [5.41, 5.74) is 0.611. The zero-order chi connectivity index (χ0) is 18.7. The van der Waals surface area contributed by atoms with Crippen LogP contribution in [0.1, 0.15) is 15.9 Å². The van der Waals surface area contributed by atoms with Gasteiger partial charge in [0.05, 0.1) is 0 Å². The van der Waals surface area contributed by atoms with Gasteiger partial charge in [0, 0.05) is 16.1 Å². The normalized spacial score (nSPS) is 10.5. The Morgan fingerprint density at radius 2 is 1.92 bits per heavy atom. The van der Waals surface area contributed by atoms with Crippen LogP contribution < -0.4 is 10.9 Å². The summed E-state index contributed by atoms with van der Waals surface area (Å²) < 4.78 is 9.99. The molecule has 2 aromatic carbocycles. The first-order valence-electron chi connectivity index (χ1n) is 7.70. The lowest BCUT2D eigenvalue weighted by Crippen LogP contribution is -2.23. The Morgan fingerprint density at radius 3 is 2.69 bits per heavy atom. The Bertz CT molecular complexity index is 1060. The summed E-state index contributed by atoms with van der Waals surface area (Å²) in [5, 5.41) is 3.75. The van der Waals surface area contributed by atoms with Gasteiger partial charge in [-0.3, -0.25) is 4.79 Å². The molecule has 1 aromatic heterocycles. The van der Waals surface area contributed by atoms with Gasteiger partial charge in [-0.25, -0.2) is 9.59 Å². The highest BCUT2D eigenvalue weighted by Gasteiger charge is 2.17. The molecule has 3 aromatic rings. The Hall–Kier alpha value is -3.12. The van der Waals surface area contributed by atoms with E-state index in [1.165, 1.54) is 6.07 Å². The highest BCUT2D eigenvalue weighted by Crippen LogP contribution is 2.19. The van der Waals surface area contributed by atoms with E-state index < -0.39 is 24.1 Å². The molecule has 0 saturated carbocycles. The topological polar surface area (TPSA) is 85.6 Å². The van der Waals surface area contributed by atoms with Gasteiger partial charge < -0.3 is 14.5 Å². The second kappa shape index (κ2) is 7.41. The number of fused-ring (bicyclic) bond motifs is 1. The molecule has 0 bridgehead atoms. The van der Waals surface area contributed by atoms with Crippen LogP contribution in [0.15, 0.2) is 57.7 Å². The quantitative estimate of drug-likeness (QED) is 0.560. The number of aryl methyl sites for hydroxylation is 1. The number of halogens is 1. The Morgan fingerprint density at radius 1 is 1.15 bits per heavy atom. The van der Waals surface area contributed by atoms with Crippen molar-refractivity contribution < 1.29 is 18.7 Å². The average Bonchev–Trinajstić information content (AvgIpc) is 2.61. The van der Waals surface area contributed by atoms with E-state index in [9.17, 15) is 14.4 Å². The van der Waals surface area contributed by atoms with Gasteiger partial charge in [0.1, 0.15) is 11.1 Å². The first-order valence-corrected chi connectivity index (χ1v) is 8.08. The molecule has 0 radical (unpaired) electrons. The molecule has 1 N–H and O–H groups in total. The zero-order valence-corrected chi connectivity index (χ0v) is 14.5. The van der Waals surface area contributed by atoms with E-state index in [2.05, 4.69) is 5.32 Å². The van der Waals surface area contributed by atoms with Crippen LogP contribution in [0, 0.1) is 6.92 Å². The fraction of sp³-hybridized carbons (Fsp3) is 0.105. The third-order valence-electron chi connectivity index (χ3n) is 3.66. The van der Waals surface area contributed by atoms with Crippen molar-refractivity contribution in [2.45, 2.75) is 6.92 Å². The molecule has 0 fully saturated rings. The SMILES string of the molecule is Cc1cc(Cl)ccc1NC(=O)COC(=O)c1cc2ccccc2oc1=O. The minimum Gasteiger partial charge on any atom is -0.452 e. The van der Waals surface area contributed by atoms with E-state index >= 15 is 0 Å². The summed E-state index contributed by atoms with van der Waals surface area (Å²) in [6.45, 7) is 1.25. The van der Waals surface area contributed by atoms with Gasteiger partial charge >= 0.3 is 11.6 Å². The number of amides is 1. The van der Waals surface area contributed by atoms with Crippen LogP contribution in [0.4, 0.5) is 5.69 Å². The Kier molecular flexibility index (Phi) is 5.04. The summed E-state index contributed by atoms with van der Waals surface area (Å²) in [6.07, 6.45) is 0. The van der Waals surface area contributed by atoms with Gasteiger partial charge in [0.25, 0.3) is 5.91 Å². The summed E-state index contributed by atoms with van der Waals surface area (Å²) in [7, 11) is 0. The molecule has 0 aliphatic carbocycles. The molecule has 0 aliphatic rings. The number of rotatable bonds is 4. The number of anilines is 1. The zero-order valence-electron chi connectivity index (χ0n) is 13.7.